The van der Waals surface area contributed by atoms with Crippen molar-refractivity contribution in [2.45, 2.75) is 25.6 Å². The predicted octanol–water partition coefficient (Wildman–Crippen LogP) is 2.19. The molecule has 23 heavy (non-hydrogen) atoms. The van der Waals surface area contributed by atoms with E-state index in [1.807, 2.05) is 12.1 Å². The predicted molar refractivity (Wildman–Crippen MR) is 88.4 cm³/mol. The molecule has 0 aromatic heterocycles. The van der Waals surface area contributed by atoms with E-state index in [2.05, 4.69) is 19.9 Å². The van der Waals surface area contributed by atoms with Crippen LogP contribution in [0.15, 0.2) is 24.3 Å². The molecule has 0 aliphatic carbocycles. The zero-order valence-corrected chi connectivity index (χ0v) is 13.9. The number of nitrogens with one attached hydrogen (secondary N) is 1. The van der Waals surface area contributed by atoms with Crippen molar-refractivity contribution in [3.8, 4) is 5.75 Å². The number of nitrogens with zero attached hydrogens (tertiary/aromatic N) is 2. The number of rotatable bonds is 5. The fraction of sp³-hybridized carbons (Fsp3) is 0.625. The smallest absolute Gasteiger partial charge is 0.387 e. The molecule has 2 aliphatic rings. The lowest BCUT2D eigenvalue weighted by molar-refractivity contribution is -0.0498. The van der Waals surface area contributed by atoms with Gasteiger partial charge in [0.2, 0.25) is 0 Å². The second kappa shape index (κ2) is 8.78. The third-order valence-corrected chi connectivity index (χ3v) is 4.51. The first kappa shape index (κ1) is 18.4. The number of hydrogen-bond acceptors (Lipinski definition) is 4. The minimum Gasteiger partial charge on any atom is -0.435 e. The summed E-state index contributed by atoms with van der Waals surface area (Å²) in [5.41, 5.74) is 1.14. The zero-order valence-electron chi connectivity index (χ0n) is 13.1. The molecule has 2 aliphatic heterocycles. The van der Waals surface area contributed by atoms with Gasteiger partial charge in [0.1, 0.15) is 5.75 Å². The van der Waals surface area contributed by atoms with Gasteiger partial charge in [-0.05, 0) is 30.7 Å². The summed E-state index contributed by atoms with van der Waals surface area (Å²) in [5, 5.41) is 3.42. The van der Waals surface area contributed by atoms with Crippen LogP contribution in [0.25, 0.3) is 0 Å². The van der Waals surface area contributed by atoms with E-state index in [0.29, 0.717) is 6.04 Å². The normalized spacial score (nSPS) is 23.0. The summed E-state index contributed by atoms with van der Waals surface area (Å²) in [6.45, 7) is 4.70. The second-order valence-electron chi connectivity index (χ2n) is 5.98. The van der Waals surface area contributed by atoms with Crippen molar-refractivity contribution in [3.05, 3.63) is 29.8 Å². The Balaban J connectivity index is 0.00000192. The van der Waals surface area contributed by atoms with Gasteiger partial charge in [-0.1, -0.05) is 12.1 Å². The molecule has 0 radical (unpaired) electrons. The van der Waals surface area contributed by atoms with E-state index < -0.39 is 6.61 Å². The first-order chi connectivity index (χ1) is 10.7. The first-order valence-electron chi connectivity index (χ1n) is 7.91. The fourth-order valence-electron chi connectivity index (χ4n) is 3.27. The Hall–Kier alpha value is -0.950. The van der Waals surface area contributed by atoms with E-state index in [1.54, 1.807) is 12.1 Å². The highest BCUT2D eigenvalue weighted by Gasteiger charge is 2.25. The van der Waals surface area contributed by atoms with Gasteiger partial charge in [-0.15, -0.1) is 12.4 Å². The summed E-state index contributed by atoms with van der Waals surface area (Å²) in [5.74, 6) is 0.220. The van der Waals surface area contributed by atoms with Crippen molar-refractivity contribution >= 4 is 12.4 Å². The lowest BCUT2D eigenvalue weighted by Gasteiger charge is -2.37. The molecule has 0 saturated carbocycles. The lowest BCUT2D eigenvalue weighted by atomic mass is 10.1. The van der Waals surface area contributed by atoms with Crippen LogP contribution in [0.5, 0.6) is 5.75 Å². The second-order valence-corrected chi connectivity index (χ2v) is 5.98. The quantitative estimate of drug-likeness (QED) is 0.883. The largest absolute Gasteiger partial charge is 0.435 e. The van der Waals surface area contributed by atoms with Crippen molar-refractivity contribution < 1.29 is 13.5 Å². The van der Waals surface area contributed by atoms with Crippen LogP contribution in [0.1, 0.15) is 12.0 Å². The van der Waals surface area contributed by atoms with Crippen LogP contribution in [-0.2, 0) is 6.54 Å². The molecule has 1 unspecified atom stereocenters. The Labute approximate surface area is 142 Å². The molecule has 7 heteroatoms. The van der Waals surface area contributed by atoms with E-state index in [4.69, 9.17) is 0 Å². The van der Waals surface area contributed by atoms with Crippen molar-refractivity contribution in [3.63, 3.8) is 0 Å². The van der Waals surface area contributed by atoms with Crippen molar-refractivity contribution in [1.82, 2.24) is 15.1 Å². The molecule has 130 valence electrons. The number of hydrogen-bond donors (Lipinski definition) is 1. The molecule has 1 aromatic rings. The highest BCUT2D eigenvalue weighted by Crippen LogP contribution is 2.17. The first-order valence-corrected chi connectivity index (χ1v) is 7.91. The number of alkyl halides is 2. The minimum atomic E-state index is -2.76. The third kappa shape index (κ3) is 5.28. The third-order valence-electron chi connectivity index (χ3n) is 4.51. The van der Waals surface area contributed by atoms with Gasteiger partial charge in [-0.3, -0.25) is 9.80 Å². The average molecular weight is 348 g/mol. The highest BCUT2D eigenvalue weighted by atomic mass is 35.5. The summed E-state index contributed by atoms with van der Waals surface area (Å²) >= 11 is 0. The minimum absolute atomic E-state index is 0. The standard InChI is InChI=1S/C16H23F2N3O.ClH/c17-16(18)22-15-3-1-13(2-4-15)12-20-7-9-21(10-8-20)14-5-6-19-11-14;/h1-4,14,16,19H,5-12H2;1H. The van der Waals surface area contributed by atoms with Crippen molar-refractivity contribution in [2.75, 3.05) is 39.3 Å². The molecule has 0 spiro atoms. The molecular weight excluding hydrogens is 324 g/mol. The van der Waals surface area contributed by atoms with Gasteiger partial charge >= 0.3 is 6.61 Å². The zero-order chi connectivity index (χ0) is 15.4. The summed E-state index contributed by atoms with van der Waals surface area (Å²) in [6, 6.07) is 7.66. The monoisotopic (exact) mass is 347 g/mol. The number of ether oxygens (including phenoxy) is 1. The van der Waals surface area contributed by atoms with Crippen molar-refractivity contribution in [2.24, 2.45) is 0 Å². The molecule has 1 atom stereocenters. The molecule has 0 bridgehead atoms. The maximum atomic E-state index is 12.1. The van der Waals surface area contributed by atoms with Crippen LogP contribution in [0.4, 0.5) is 8.78 Å². The molecule has 2 saturated heterocycles. The maximum absolute atomic E-state index is 12.1. The van der Waals surface area contributed by atoms with Gasteiger partial charge in [-0.2, -0.15) is 8.78 Å². The van der Waals surface area contributed by atoms with E-state index in [9.17, 15) is 8.78 Å². The summed E-state index contributed by atoms with van der Waals surface area (Å²) in [6.07, 6.45) is 1.26. The molecule has 1 aromatic carbocycles. The van der Waals surface area contributed by atoms with Crippen LogP contribution >= 0.6 is 12.4 Å². The molecule has 3 rings (SSSR count). The van der Waals surface area contributed by atoms with E-state index >= 15 is 0 Å². The van der Waals surface area contributed by atoms with E-state index in [0.717, 1.165) is 51.4 Å². The van der Waals surface area contributed by atoms with Crippen LogP contribution in [0, 0.1) is 0 Å². The number of halogens is 3. The van der Waals surface area contributed by atoms with Crippen LogP contribution < -0.4 is 10.1 Å². The fourth-order valence-corrected chi connectivity index (χ4v) is 3.27. The summed E-state index contributed by atoms with van der Waals surface area (Å²) in [4.78, 5) is 5.00. The van der Waals surface area contributed by atoms with Gasteiger partial charge in [0, 0.05) is 45.3 Å². The van der Waals surface area contributed by atoms with Gasteiger partial charge in [0.05, 0.1) is 0 Å². The highest BCUT2D eigenvalue weighted by molar-refractivity contribution is 5.85. The number of benzene rings is 1. The lowest BCUT2D eigenvalue weighted by Crippen LogP contribution is -2.50. The van der Waals surface area contributed by atoms with Crippen LogP contribution in [-0.4, -0.2) is 61.7 Å². The van der Waals surface area contributed by atoms with Gasteiger partial charge in [0.15, 0.2) is 0 Å². The Morgan fingerprint density at radius 3 is 2.39 bits per heavy atom. The Morgan fingerprint density at radius 2 is 1.83 bits per heavy atom. The summed E-state index contributed by atoms with van der Waals surface area (Å²) < 4.78 is 28.6. The Kier molecular flexibility index (Phi) is 7.02. The molecule has 2 heterocycles. The van der Waals surface area contributed by atoms with E-state index in [1.165, 1.54) is 6.42 Å². The van der Waals surface area contributed by atoms with E-state index in [-0.39, 0.29) is 18.2 Å². The SMILES string of the molecule is Cl.FC(F)Oc1ccc(CN2CCN(C3CCNC3)CC2)cc1. The molecular formula is C16H24ClF2N3O. The van der Waals surface area contributed by atoms with Gasteiger partial charge in [0.25, 0.3) is 0 Å². The Bertz CT molecular complexity index is 461. The molecule has 2 fully saturated rings. The average Bonchev–Trinajstić information content (AvgIpc) is 3.04. The van der Waals surface area contributed by atoms with Crippen molar-refractivity contribution in [1.29, 1.82) is 0 Å². The van der Waals surface area contributed by atoms with Gasteiger partial charge < -0.3 is 10.1 Å². The Morgan fingerprint density at radius 1 is 1.13 bits per heavy atom. The molecule has 0 amide bonds. The maximum Gasteiger partial charge on any atom is 0.387 e. The molecule has 4 nitrogen and oxygen atoms in total. The molecule has 1 N–H and O–H groups in total. The van der Waals surface area contributed by atoms with Crippen LogP contribution in [0.2, 0.25) is 0 Å². The van der Waals surface area contributed by atoms with Gasteiger partial charge in [-0.25, -0.2) is 0 Å². The topological polar surface area (TPSA) is 27.7 Å². The number of piperazine rings is 1. The van der Waals surface area contributed by atoms with Crippen LogP contribution in [0.3, 0.4) is 0 Å². The summed E-state index contributed by atoms with van der Waals surface area (Å²) in [7, 11) is 0.